The Balaban J connectivity index is 1.93. The van der Waals surface area contributed by atoms with Gasteiger partial charge in [-0.05, 0) is 42.2 Å². The number of hydrogen-bond donors (Lipinski definition) is 3. The van der Waals surface area contributed by atoms with E-state index < -0.39 is 54.0 Å². The lowest BCUT2D eigenvalue weighted by atomic mass is 9.83. The van der Waals surface area contributed by atoms with E-state index in [4.69, 9.17) is 4.74 Å². The van der Waals surface area contributed by atoms with Gasteiger partial charge >= 0.3 is 5.97 Å². The summed E-state index contributed by atoms with van der Waals surface area (Å²) in [6, 6.07) is 8.14. The smallest absolute Gasteiger partial charge is 0.333 e. The third-order valence-corrected chi connectivity index (χ3v) is 6.02. The highest BCUT2D eigenvalue weighted by Gasteiger charge is 2.42. The minimum absolute atomic E-state index is 0.0885. The Labute approximate surface area is 207 Å². The molecule has 3 rings (SSSR count). The van der Waals surface area contributed by atoms with Gasteiger partial charge in [0.15, 0.2) is 6.04 Å². The average Bonchev–Trinajstić information content (AvgIpc) is 3.13. The van der Waals surface area contributed by atoms with Crippen LogP contribution in [0.15, 0.2) is 48.8 Å². The second-order valence-electron chi connectivity index (χ2n) is 8.83. The molecule has 1 aliphatic heterocycles. The van der Waals surface area contributed by atoms with E-state index in [9.17, 15) is 29.2 Å². The number of esters is 1. The molecule has 0 spiro atoms. The van der Waals surface area contributed by atoms with Crippen LogP contribution in [-0.4, -0.2) is 58.3 Å². The monoisotopic (exact) mass is 496 g/mol. The quantitative estimate of drug-likeness (QED) is 0.193. The molecule has 0 radical (unpaired) electrons. The van der Waals surface area contributed by atoms with Gasteiger partial charge in [0.2, 0.25) is 11.8 Å². The first-order valence-electron chi connectivity index (χ1n) is 11.4. The maximum atomic E-state index is 13.5. The lowest BCUT2D eigenvalue weighted by molar-refractivity contribution is -0.147. The van der Waals surface area contributed by atoms with Crippen LogP contribution in [-0.2, 0) is 19.1 Å². The third-order valence-electron chi connectivity index (χ3n) is 6.02. The largest absolute Gasteiger partial charge is 0.467 e. The van der Waals surface area contributed by atoms with Crippen LogP contribution in [0.25, 0.3) is 0 Å². The number of carbonyl (C=O) groups is 5. The molecule has 2 heterocycles. The summed E-state index contributed by atoms with van der Waals surface area (Å²) in [7, 11) is 1.18. The molecule has 0 fully saturated rings. The SMILES string of the molecule is COC(=O)[C@@H](NC(=O)[C@@H](CC(C)C)[C@H](CN1C(=O)c2ccccc2C1=O)C(=O)NO)c1ccncc1. The Morgan fingerprint density at radius 2 is 1.56 bits per heavy atom. The van der Waals surface area contributed by atoms with Crippen LogP contribution < -0.4 is 10.8 Å². The number of amides is 4. The van der Waals surface area contributed by atoms with Crippen molar-refractivity contribution in [3.05, 3.63) is 65.5 Å². The lowest BCUT2D eigenvalue weighted by Crippen LogP contribution is -2.49. The van der Waals surface area contributed by atoms with Gasteiger partial charge in [-0.15, -0.1) is 0 Å². The van der Waals surface area contributed by atoms with Crippen molar-refractivity contribution in [2.75, 3.05) is 13.7 Å². The van der Waals surface area contributed by atoms with Crippen molar-refractivity contribution >= 4 is 29.6 Å². The Hall–Kier alpha value is -4.12. The molecule has 0 unspecified atom stereocenters. The summed E-state index contributed by atoms with van der Waals surface area (Å²) in [5.74, 6) is -6.04. The highest BCUT2D eigenvalue weighted by molar-refractivity contribution is 6.21. The van der Waals surface area contributed by atoms with E-state index in [2.05, 4.69) is 10.3 Å². The number of nitrogens with zero attached hydrogens (tertiary/aromatic N) is 2. The van der Waals surface area contributed by atoms with Crippen molar-refractivity contribution in [3.63, 3.8) is 0 Å². The number of aromatic nitrogens is 1. The van der Waals surface area contributed by atoms with E-state index in [1.165, 1.54) is 43.8 Å². The van der Waals surface area contributed by atoms with Crippen molar-refractivity contribution < 1.29 is 33.9 Å². The first-order chi connectivity index (χ1) is 17.2. The third kappa shape index (κ3) is 5.57. The van der Waals surface area contributed by atoms with Gasteiger partial charge in [0.25, 0.3) is 11.8 Å². The Morgan fingerprint density at radius 3 is 2.06 bits per heavy atom. The predicted molar refractivity (Wildman–Crippen MR) is 125 cm³/mol. The Kier molecular flexibility index (Phi) is 8.49. The van der Waals surface area contributed by atoms with E-state index in [-0.39, 0.29) is 23.5 Å². The topological polar surface area (TPSA) is 155 Å². The molecular weight excluding hydrogens is 468 g/mol. The van der Waals surface area contributed by atoms with Crippen molar-refractivity contribution in [3.8, 4) is 0 Å². The number of benzene rings is 1. The van der Waals surface area contributed by atoms with Gasteiger partial charge < -0.3 is 10.1 Å². The van der Waals surface area contributed by atoms with Gasteiger partial charge in [0.05, 0.1) is 30.1 Å². The maximum Gasteiger partial charge on any atom is 0.333 e. The van der Waals surface area contributed by atoms with Gasteiger partial charge in [0.1, 0.15) is 0 Å². The van der Waals surface area contributed by atoms with Gasteiger partial charge in [-0.25, -0.2) is 10.3 Å². The molecule has 3 atom stereocenters. The van der Waals surface area contributed by atoms with Crippen molar-refractivity contribution in [2.24, 2.45) is 17.8 Å². The molecule has 11 nitrogen and oxygen atoms in total. The van der Waals surface area contributed by atoms with Crippen LogP contribution >= 0.6 is 0 Å². The van der Waals surface area contributed by atoms with Gasteiger partial charge in [-0.1, -0.05) is 26.0 Å². The first kappa shape index (κ1) is 26.5. The zero-order valence-corrected chi connectivity index (χ0v) is 20.1. The molecule has 4 amide bonds. The maximum absolute atomic E-state index is 13.5. The van der Waals surface area contributed by atoms with Crippen LogP contribution in [0.1, 0.15) is 52.6 Å². The lowest BCUT2D eigenvalue weighted by Gasteiger charge is -2.30. The van der Waals surface area contributed by atoms with Crippen LogP contribution in [0, 0.1) is 17.8 Å². The van der Waals surface area contributed by atoms with E-state index in [1.807, 2.05) is 13.8 Å². The van der Waals surface area contributed by atoms with E-state index in [0.717, 1.165) is 4.90 Å². The minimum atomic E-state index is -1.30. The number of imide groups is 1. The van der Waals surface area contributed by atoms with Gasteiger partial charge in [0, 0.05) is 18.9 Å². The molecule has 36 heavy (non-hydrogen) atoms. The zero-order chi connectivity index (χ0) is 26.4. The van der Waals surface area contributed by atoms with Crippen LogP contribution in [0.4, 0.5) is 0 Å². The summed E-state index contributed by atoms with van der Waals surface area (Å²) in [5, 5.41) is 12.1. The molecule has 1 aromatic heterocycles. The molecule has 0 saturated carbocycles. The summed E-state index contributed by atoms with van der Waals surface area (Å²) in [4.78, 5) is 69.4. The molecule has 0 saturated heterocycles. The molecule has 2 aromatic rings. The minimum Gasteiger partial charge on any atom is -0.467 e. The number of nitrogens with one attached hydrogen (secondary N) is 2. The van der Waals surface area contributed by atoms with E-state index in [0.29, 0.717) is 5.56 Å². The molecule has 0 bridgehead atoms. The number of pyridine rings is 1. The number of hydroxylamine groups is 1. The van der Waals surface area contributed by atoms with E-state index >= 15 is 0 Å². The highest BCUT2D eigenvalue weighted by Crippen LogP contribution is 2.29. The first-order valence-corrected chi connectivity index (χ1v) is 11.4. The fourth-order valence-electron chi connectivity index (χ4n) is 4.24. The van der Waals surface area contributed by atoms with Crippen LogP contribution in [0.3, 0.4) is 0 Å². The fraction of sp³-hybridized carbons (Fsp3) is 0.360. The number of methoxy groups -OCH3 is 1. The predicted octanol–water partition coefficient (Wildman–Crippen LogP) is 1.49. The fourth-order valence-corrected chi connectivity index (χ4v) is 4.24. The molecule has 1 aromatic carbocycles. The summed E-state index contributed by atoms with van der Waals surface area (Å²) >= 11 is 0. The second kappa shape index (κ2) is 11.5. The summed E-state index contributed by atoms with van der Waals surface area (Å²) < 4.78 is 4.84. The standard InChI is InChI=1S/C25H28N4O7/c1-14(2)12-18(21(30)27-20(25(34)36-3)15-8-10-26-11-9-15)19(22(31)28-35)13-29-23(32)16-6-4-5-7-17(16)24(29)33/h4-11,14,18-20,35H,12-13H2,1-3H3,(H,27,30)(H,28,31)/t18-,19-,20-/m0/s1. The number of fused-ring (bicyclic) bond motifs is 1. The summed E-state index contributed by atoms with van der Waals surface area (Å²) in [5.41, 5.74) is 2.35. The molecule has 11 heteroatoms. The zero-order valence-electron chi connectivity index (χ0n) is 20.1. The van der Waals surface area contributed by atoms with Crippen LogP contribution in [0.2, 0.25) is 0 Å². The number of carbonyl (C=O) groups excluding carboxylic acids is 5. The number of rotatable bonds is 10. The van der Waals surface area contributed by atoms with E-state index in [1.54, 1.807) is 17.6 Å². The van der Waals surface area contributed by atoms with Crippen molar-refractivity contribution in [2.45, 2.75) is 26.3 Å². The highest BCUT2D eigenvalue weighted by atomic mass is 16.5. The van der Waals surface area contributed by atoms with Crippen molar-refractivity contribution in [1.82, 2.24) is 20.7 Å². The average molecular weight is 497 g/mol. The molecule has 1 aliphatic rings. The Morgan fingerprint density at radius 1 is 0.972 bits per heavy atom. The van der Waals surface area contributed by atoms with Crippen molar-refractivity contribution in [1.29, 1.82) is 0 Å². The Bertz CT molecular complexity index is 1120. The number of ether oxygens (including phenoxy) is 1. The molecule has 3 N–H and O–H groups in total. The molecule has 0 aliphatic carbocycles. The normalized spacial score (nSPS) is 15.2. The van der Waals surface area contributed by atoms with Gasteiger partial charge in [-0.2, -0.15) is 0 Å². The summed E-state index contributed by atoms with van der Waals surface area (Å²) in [6.45, 7) is 3.22. The number of hydrogen-bond acceptors (Lipinski definition) is 8. The van der Waals surface area contributed by atoms with Crippen LogP contribution in [0.5, 0.6) is 0 Å². The second-order valence-corrected chi connectivity index (χ2v) is 8.83. The van der Waals surface area contributed by atoms with Gasteiger partial charge in [-0.3, -0.25) is 34.3 Å². The molecular formula is C25H28N4O7. The summed E-state index contributed by atoms with van der Waals surface area (Å²) in [6.07, 6.45) is 3.07. The molecule has 190 valence electrons.